The highest BCUT2D eigenvalue weighted by molar-refractivity contribution is 6.42. The Labute approximate surface area is 226 Å². The molecular weight excluding hydrogens is 590 g/mol. The first kappa shape index (κ1) is 32.3. The van der Waals surface area contributed by atoms with Crippen LogP contribution in [0.4, 0.5) is 39.5 Å². The molecule has 2 aromatic rings. The fraction of sp³-hybridized carbons (Fsp3) is 0.333. The van der Waals surface area contributed by atoms with Crippen molar-refractivity contribution in [2.75, 3.05) is 0 Å². The van der Waals surface area contributed by atoms with Crippen molar-refractivity contribution in [3.63, 3.8) is 0 Å². The molecule has 4 nitrogen and oxygen atoms in total. The number of carbonyl (C=O) groups excluding carboxylic acids is 2. The highest BCUT2D eigenvalue weighted by Gasteiger charge is 2.38. The zero-order valence-corrected chi connectivity index (χ0v) is 21.4. The smallest absolute Gasteiger partial charge is 0.336 e. The van der Waals surface area contributed by atoms with Gasteiger partial charge in [-0.25, -0.2) is 13.2 Å². The van der Waals surface area contributed by atoms with Crippen LogP contribution in [0.1, 0.15) is 53.2 Å². The number of allylic oxidation sites excluding steroid dienone is 1. The third-order valence-electron chi connectivity index (χ3n) is 5.09. The van der Waals surface area contributed by atoms with Gasteiger partial charge in [0.1, 0.15) is 12.2 Å². The number of hydrogen-bond donors (Lipinski definition) is 2. The molecule has 2 aromatic carbocycles. The zero-order chi connectivity index (χ0) is 29.9. The Bertz CT molecular complexity index is 1260. The second-order valence-electron chi connectivity index (χ2n) is 8.43. The standard InChI is InChI=1S/C24H19Cl2F9N2O2/c1-11(36-20(38)10-23(30,31)32)37-21(39)14-5-3-13(7-16(14)24(33,34)35)19(27)9-15(22(2,28)29)12-4-6-17(25)18(26)8-12/h3-9,11,15H,10H2,1-2H3,(H,36,38)(H,37,39)/b19-9-/t11-,15?/m1/s1. The first-order chi connectivity index (χ1) is 17.7. The van der Waals surface area contributed by atoms with E-state index in [9.17, 15) is 44.7 Å². The maximum atomic E-state index is 15.0. The molecule has 0 fully saturated rings. The maximum absolute atomic E-state index is 15.0. The van der Waals surface area contributed by atoms with Gasteiger partial charge in [0.25, 0.3) is 11.8 Å². The SMILES string of the molecule is C[C@H](NC(=O)CC(F)(F)F)NC(=O)c1ccc(/C(F)=C/C(c2ccc(Cl)c(Cl)c2)C(C)(F)F)cc1C(F)(F)F. The summed E-state index contributed by atoms with van der Waals surface area (Å²) in [4.78, 5) is 23.8. The summed E-state index contributed by atoms with van der Waals surface area (Å²) in [5.41, 5.74) is -3.69. The Balaban J connectivity index is 2.40. The second-order valence-corrected chi connectivity index (χ2v) is 9.25. The van der Waals surface area contributed by atoms with Crippen molar-refractivity contribution >= 4 is 40.8 Å². The number of rotatable bonds is 8. The number of benzene rings is 2. The molecular formula is C24H19Cl2F9N2O2. The van der Waals surface area contributed by atoms with Gasteiger partial charge in [0.15, 0.2) is 0 Å². The van der Waals surface area contributed by atoms with E-state index in [1.807, 2.05) is 5.32 Å². The molecule has 39 heavy (non-hydrogen) atoms. The predicted octanol–water partition coefficient (Wildman–Crippen LogP) is 7.91. The van der Waals surface area contributed by atoms with E-state index in [1.54, 1.807) is 5.32 Å². The quantitative estimate of drug-likeness (QED) is 0.236. The van der Waals surface area contributed by atoms with Crippen LogP contribution in [-0.2, 0) is 11.0 Å². The molecule has 0 radical (unpaired) electrons. The van der Waals surface area contributed by atoms with Crippen LogP contribution < -0.4 is 10.6 Å². The molecule has 0 bridgehead atoms. The van der Waals surface area contributed by atoms with Crippen LogP contribution >= 0.6 is 23.2 Å². The van der Waals surface area contributed by atoms with Gasteiger partial charge in [0.05, 0.1) is 33.3 Å². The first-order valence-corrected chi connectivity index (χ1v) is 11.5. The maximum Gasteiger partial charge on any atom is 0.417 e. The van der Waals surface area contributed by atoms with Crippen LogP contribution in [0.5, 0.6) is 0 Å². The lowest BCUT2D eigenvalue weighted by Crippen LogP contribution is -2.47. The molecule has 2 rings (SSSR count). The lowest BCUT2D eigenvalue weighted by Gasteiger charge is -2.22. The van der Waals surface area contributed by atoms with E-state index in [1.165, 1.54) is 6.07 Å². The van der Waals surface area contributed by atoms with Gasteiger partial charge >= 0.3 is 12.4 Å². The van der Waals surface area contributed by atoms with E-state index >= 15 is 4.39 Å². The van der Waals surface area contributed by atoms with Gasteiger partial charge in [-0.2, -0.15) is 26.3 Å². The van der Waals surface area contributed by atoms with Crippen LogP contribution in [0.3, 0.4) is 0 Å². The Morgan fingerprint density at radius 3 is 2.05 bits per heavy atom. The van der Waals surface area contributed by atoms with Crippen LogP contribution in [0.2, 0.25) is 10.0 Å². The van der Waals surface area contributed by atoms with Crippen molar-refractivity contribution < 1.29 is 49.1 Å². The van der Waals surface area contributed by atoms with Gasteiger partial charge in [0.2, 0.25) is 5.91 Å². The summed E-state index contributed by atoms with van der Waals surface area (Å²) in [6, 6.07) is 4.88. The molecule has 15 heteroatoms. The van der Waals surface area contributed by atoms with E-state index in [0.717, 1.165) is 25.1 Å². The lowest BCUT2D eigenvalue weighted by molar-refractivity contribution is -0.154. The third kappa shape index (κ3) is 9.34. The summed E-state index contributed by atoms with van der Waals surface area (Å²) in [6.45, 7) is 1.47. The molecule has 0 saturated carbocycles. The largest absolute Gasteiger partial charge is 0.417 e. The summed E-state index contributed by atoms with van der Waals surface area (Å²) >= 11 is 11.6. The van der Waals surface area contributed by atoms with E-state index in [-0.39, 0.29) is 21.7 Å². The van der Waals surface area contributed by atoms with Gasteiger partial charge in [0, 0.05) is 12.5 Å². The third-order valence-corrected chi connectivity index (χ3v) is 5.83. The van der Waals surface area contributed by atoms with Gasteiger partial charge in [-0.1, -0.05) is 35.3 Å². The van der Waals surface area contributed by atoms with Gasteiger partial charge in [-0.05, 0) is 42.8 Å². The molecule has 0 aliphatic carbocycles. The minimum absolute atomic E-state index is 0.0287. The van der Waals surface area contributed by atoms with E-state index in [4.69, 9.17) is 23.2 Å². The highest BCUT2D eigenvalue weighted by Crippen LogP contribution is 2.40. The summed E-state index contributed by atoms with van der Waals surface area (Å²) in [5, 5.41) is 3.56. The van der Waals surface area contributed by atoms with Crippen LogP contribution in [-0.4, -0.2) is 30.1 Å². The number of hydrogen-bond acceptors (Lipinski definition) is 2. The van der Waals surface area contributed by atoms with E-state index in [2.05, 4.69) is 0 Å². The molecule has 0 saturated heterocycles. The van der Waals surface area contributed by atoms with Crippen LogP contribution in [0.15, 0.2) is 42.5 Å². The van der Waals surface area contributed by atoms with Crippen molar-refractivity contribution in [3.8, 4) is 0 Å². The van der Waals surface area contributed by atoms with Gasteiger partial charge < -0.3 is 10.6 Å². The van der Waals surface area contributed by atoms with Crippen LogP contribution in [0, 0.1) is 0 Å². The minimum Gasteiger partial charge on any atom is -0.336 e. The summed E-state index contributed by atoms with van der Waals surface area (Å²) in [7, 11) is 0. The normalized spacial score (nSPS) is 14.5. The van der Waals surface area contributed by atoms with Gasteiger partial charge in [-0.15, -0.1) is 0 Å². The Hall–Kier alpha value is -2.93. The Morgan fingerprint density at radius 2 is 1.54 bits per heavy atom. The van der Waals surface area contributed by atoms with E-state index in [0.29, 0.717) is 19.1 Å². The van der Waals surface area contributed by atoms with Crippen LogP contribution in [0.25, 0.3) is 5.83 Å². The Morgan fingerprint density at radius 1 is 0.923 bits per heavy atom. The van der Waals surface area contributed by atoms with Gasteiger partial charge in [-0.3, -0.25) is 9.59 Å². The fourth-order valence-electron chi connectivity index (χ4n) is 3.39. The number of nitrogens with one attached hydrogen (secondary N) is 2. The Kier molecular flexibility index (Phi) is 9.99. The average molecular weight is 609 g/mol. The zero-order valence-electron chi connectivity index (χ0n) is 19.9. The summed E-state index contributed by atoms with van der Waals surface area (Å²) in [5.74, 6) is -10.0. The molecule has 0 spiro atoms. The first-order valence-electron chi connectivity index (χ1n) is 10.8. The lowest BCUT2D eigenvalue weighted by atomic mass is 9.91. The molecule has 2 amide bonds. The molecule has 1 unspecified atom stereocenters. The number of halogens is 11. The average Bonchev–Trinajstić information content (AvgIpc) is 2.76. The number of alkyl halides is 8. The van der Waals surface area contributed by atoms with Crippen molar-refractivity contribution in [1.29, 1.82) is 0 Å². The topological polar surface area (TPSA) is 58.2 Å². The van der Waals surface area contributed by atoms with Crippen molar-refractivity contribution in [1.82, 2.24) is 10.6 Å². The molecule has 0 aromatic heterocycles. The van der Waals surface area contributed by atoms with Crippen molar-refractivity contribution in [2.24, 2.45) is 0 Å². The minimum atomic E-state index is -5.23. The number of carbonyl (C=O) groups is 2. The molecule has 214 valence electrons. The summed E-state index contributed by atoms with van der Waals surface area (Å²) < 4.78 is 122. The molecule has 0 aliphatic rings. The predicted molar refractivity (Wildman–Crippen MR) is 126 cm³/mol. The monoisotopic (exact) mass is 608 g/mol. The van der Waals surface area contributed by atoms with Crippen molar-refractivity contribution in [2.45, 2.75) is 50.6 Å². The molecule has 2 atom stereocenters. The summed E-state index contributed by atoms with van der Waals surface area (Å²) in [6.07, 6.45) is -13.1. The molecule has 0 aliphatic heterocycles. The molecule has 2 N–H and O–H groups in total. The van der Waals surface area contributed by atoms with E-state index < -0.39 is 71.1 Å². The fourth-order valence-corrected chi connectivity index (χ4v) is 3.70. The van der Waals surface area contributed by atoms with Crippen molar-refractivity contribution in [3.05, 3.63) is 74.8 Å². The highest BCUT2D eigenvalue weighted by atomic mass is 35.5. The number of amides is 2. The second kappa shape index (κ2) is 12.1. The molecule has 0 heterocycles.